The lowest BCUT2D eigenvalue weighted by molar-refractivity contribution is -0.135. The van der Waals surface area contributed by atoms with Gasteiger partial charge in [-0.3, -0.25) is 4.79 Å². The molecule has 1 N–H and O–H groups in total. The summed E-state index contributed by atoms with van der Waals surface area (Å²) in [5.74, 6) is 0.180. The fourth-order valence-corrected chi connectivity index (χ4v) is 3.18. The number of aliphatic hydroxyl groups is 1. The Hall–Kier alpha value is -2.07. The van der Waals surface area contributed by atoms with E-state index in [0.29, 0.717) is 38.8 Å². The number of hydrogen-bond acceptors (Lipinski definition) is 3. The van der Waals surface area contributed by atoms with Crippen molar-refractivity contribution in [3.05, 3.63) is 60.1 Å². The molecule has 3 rings (SSSR count). The van der Waals surface area contributed by atoms with E-state index in [9.17, 15) is 9.90 Å². The molecule has 23 heavy (non-hydrogen) atoms. The van der Waals surface area contributed by atoms with Gasteiger partial charge in [0.25, 0.3) is 0 Å². The van der Waals surface area contributed by atoms with Crippen LogP contribution in [0.2, 0.25) is 0 Å². The molecule has 1 aromatic heterocycles. The predicted molar refractivity (Wildman–Crippen MR) is 87.9 cm³/mol. The second-order valence-electron chi connectivity index (χ2n) is 6.40. The Balaban J connectivity index is 1.47. The molecular formula is C19H23NO3. The van der Waals surface area contributed by atoms with Gasteiger partial charge in [0.05, 0.1) is 18.1 Å². The van der Waals surface area contributed by atoms with E-state index >= 15 is 0 Å². The van der Waals surface area contributed by atoms with Crippen molar-refractivity contribution in [3.8, 4) is 0 Å². The number of furan rings is 1. The Morgan fingerprint density at radius 3 is 2.52 bits per heavy atom. The molecule has 122 valence electrons. The van der Waals surface area contributed by atoms with Gasteiger partial charge in [-0.1, -0.05) is 30.3 Å². The van der Waals surface area contributed by atoms with Crippen molar-refractivity contribution in [2.24, 2.45) is 0 Å². The van der Waals surface area contributed by atoms with E-state index in [1.807, 2.05) is 41.3 Å². The fraction of sp³-hybridized carbons (Fsp3) is 0.421. The van der Waals surface area contributed by atoms with E-state index in [0.717, 1.165) is 12.0 Å². The van der Waals surface area contributed by atoms with Crippen molar-refractivity contribution in [1.29, 1.82) is 0 Å². The van der Waals surface area contributed by atoms with Crippen LogP contribution in [0.15, 0.2) is 53.3 Å². The molecule has 2 heterocycles. The first kappa shape index (κ1) is 15.8. The number of carbonyl (C=O) groups is 1. The molecule has 1 fully saturated rings. The molecule has 1 aliphatic rings. The average Bonchev–Trinajstić information content (AvgIpc) is 3.06. The number of aryl methyl sites for hydroxylation is 1. The standard InChI is InChI=1S/C19H23NO3/c21-18(7-6-16-4-2-1-3-5-16)20-11-9-19(22,10-12-20)14-17-8-13-23-15-17/h1-5,8,13,15,22H,6-7,9-12,14H2. The number of nitrogens with zero attached hydrogens (tertiary/aromatic N) is 1. The molecule has 1 aliphatic heterocycles. The number of benzene rings is 1. The number of piperidine rings is 1. The maximum Gasteiger partial charge on any atom is 0.222 e. The van der Waals surface area contributed by atoms with Crippen molar-refractivity contribution in [2.45, 2.75) is 37.7 Å². The lowest BCUT2D eigenvalue weighted by Gasteiger charge is -2.38. The third kappa shape index (κ3) is 4.23. The van der Waals surface area contributed by atoms with Gasteiger partial charge in [-0.05, 0) is 36.5 Å². The molecule has 0 spiro atoms. The second kappa shape index (κ2) is 7.01. The molecule has 4 heteroatoms. The van der Waals surface area contributed by atoms with Gasteiger partial charge in [-0.15, -0.1) is 0 Å². The maximum atomic E-state index is 12.3. The number of amides is 1. The van der Waals surface area contributed by atoms with Crippen molar-refractivity contribution in [3.63, 3.8) is 0 Å². The van der Waals surface area contributed by atoms with Gasteiger partial charge >= 0.3 is 0 Å². The highest BCUT2D eigenvalue weighted by Crippen LogP contribution is 2.27. The van der Waals surface area contributed by atoms with Crippen molar-refractivity contribution >= 4 is 5.91 Å². The van der Waals surface area contributed by atoms with Crippen molar-refractivity contribution in [2.75, 3.05) is 13.1 Å². The Morgan fingerprint density at radius 1 is 1.13 bits per heavy atom. The monoisotopic (exact) mass is 313 g/mol. The molecular weight excluding hydrogens is 290 g/mol. The zero-order valence-corrected chi connectivity index (χ0v) is 13.3. The summed E-state index contributed by atoms with van der Waals surface area (Å²) in [6.45, 7) is 1.25. The van der Waals surface area contributed by atoms with Crippen LogP contribution in [0.3, 0.4) is 0 Å². The van der Waals surface area contributed by atoms with Crippen LogP contribution >= 0.6 is 0 Å². The van der Waals surface area contributed by atoms with Crippen LogP contribution in [0.4, 0.5) is 0 Å². The molecule has 1 saturated heterocycles. The molecule has 2 aromatic rings. The lowest BCUT2D eigenvalue weighted by atomic mass is 9.86. The van der Waals surface area contributed by atoms with E-state index in [4.69, 9.17) is 4.42 Å². The smallest absolute Gasteiger partial charge is 0.222 e. The van der Waals surface area contributed by atoms with Gasteiger partial charge in [-0.25, -0.2) is 0 Å². The van der Waals surface area contributed by atoms with Gasteiger partial charge in [0.15, 0.2) is 0 Å². The largest absolute Gasteiger partial charge is 0.472 e. The van der Waals surface area contributed by atoms with Crippen molar-refractivity contribution in [1.82, 2.24) is 4.90 Å². The zero-order chi connectivity index (χ0) is 16.1. The van der Waals surface area contributed by atoms with Gasteiger partial charge in [0, 0.05) is 25.9 Å². The highest BCUT2D eigenvalue weighted by Gasteiger charge is 2.34. The quantitative estimate of drug-likeness (QED) is 0.923. The molecule has 1 amide bonds. The highest BCUT2D eigenvalue weighted by molar-refractivity contribution is 5.76. The van der Waals surface area contributed by atoms with E-state index in [1.165, 1.54) is 5.56 Å². The van der Waals surface area contributed by atoms with Gasteiger partial charge < -0.3 is 14.4 Å². The van der Waals surface area contributed by atoms with E-state index in [1.54, 1.807) is 12.5 Å². The summed E-state index contributed by atoms with van der Waals surface area (Å²) in [5, 5.41) is 10.7. The maximum absolute atomic E-state index is 12.3. The van der Waals surface area contributed by atoms with Crippen LogP contribution in [-0.2, 0) is 17.6 Å². The number of hydrogen-bond donors (Lipinski definition) is 1. The summed E-state index contributed by atoms with van der Waals surface area (Å²) >= 11 is 0. The van der Waals surface area contributed by atoms with Crippen LogP contribution in [-0.4, -0.2) is 34.6 Å². The first-order chi connectivity index (χ1) is 11.1. The summed E-state index contributed by atoms with van der Waals surface area (Å²) in [6.07, 6.45) is 6.44. The van der Waals surface area contributed by atoms with Crippen molar-refractivity contribution < 1.29 is 14.3 Å². The molecule has 4 nitrogen and oxygen atoms in total. The molecule has 0 unspecified atom stereocenters. The minimum absolute atomic E-state index is 0.180. The lowest BCUT2D eigenvalue weighted by Crippen LogP contribution is -2.47. The Labute approximate surface area is 136 Å². The summed E-state index contributed by atoms with van der Waals surface area (Å²) in [6, 6.07) is 12.0. The molecule has 0 saturated carbocycles. The van der Waals surface area contributed by atoms with Crippen LogP contribution in [0, 0.1) is 0 Å². The Morgan fingerprint density at radius 2 is 1.87 bits per heavy atom. The Kier molecular flexibility index (Phi) is 4.82. The van der Waals surface area contributed by atoms with Crippen LogP contribution in [0.5, 0.6) is 0 Å². The SMILES string of the molecule is O=C(CCc1ccccc1)N1CCC(O)(Cc2ccoc2)CC1. The average molecular weight is 313 g/mol. The molecule has 0 aliphatic carbocycles. The summed E-state index contributed by atoms with van der Waals surface area (Å²) in [5.41, 5.74) is 1.48. The van der Waals surface area contributed by atoms with E-state index in [-0.39, 0.29) is 5.91 Å². The van der Waals surface area contributed by atoms with E-state index < -0.39 is 5.60 Å². The van der Waals surface area contributed by atoms with Gasteiger partial charge in [0.1, 0.15) is 0 Å². The van der Waals surface area contributed by atoms with Gasteiger partial charge in [-0.2, -0.15) is 0 Å². The first-order valence-electron chi connectivity index (χ1n) is 8.20. The normalized spacial score (nSPS) is 17.2. The van der Waals surface area contributed by atoms with Crippen LogP contribution < -0.4 is 0 Å². The summed E-state index contributed by atoms with van der Waals surface area (Å²) in [4.78, 5) is 14.2. The second-order valence-corrected chi connectivity index (χ2v) is 6.40. The number of likely N-dealkylation sites (tertiary alicyclic amines) is 1. The fourth-order valence-electron chi connectivity index (χ4n) is 3.18. The molecule has 1 aromatic carbocycles. The summed E-state index contributed by atoms with van der Waals surface area (Å²) in [7, 11) is 0. The summed E-state index contributed by atoms with van der Waals surface area (Å²) < 4.78 is 5.06. The highest BCUT2D eigenvalue weighted by atomic mass is 16.3. The Bertz CT molecular complexity index is 613. The topological polar surface area (TPSA) is 53.7 Å². The van der Waals surface area contributed by atoms with E-state index in [2.05, 4.69) is 0 Å². The first-order valence-corrected chi connectivity index (χ1v) is 8.20. The third-order valence-electron chi connectivity index (χ3n) is 4.63. The predicted octanol–water partition coefficient (Wildman–Crippen LogP) is 2.81. The third-order valence-corrected chi connectivity index (χ3v) is 4.63. The van der Waals surface area contributed by atoms with Crippen LogP contribution in [0.25, 0.3) is 0 Å². The molecule has 0 radical (unpaired) electrons. The van der Waals surface area contributed by atoms with Crippen LogP contribution in [0.1, 0.15) is 30.4 Å². The molecule has 0 bridgehead atoms. The molecule has 0 atom stereocenters. The number of rotatable bonds is 5. The number of carbonyl (C=O) groups excluding carboxylic acids is 1. The minimum Gasteiger partial charge on any atom is -0.472 e. The zero-order valence-electron chi connectivity index (χ0n) is 13.3. The van der Waals surface area contributed by atoms with Gasteiger partial charge in [0.2, 0.25) is 5.91 Å². The minimum atomic E-state index is -0.722.